The maximum atomic E-state index is 5.46. The maximum absolute atomic E-state index is 5.46. The molecule has 3 rings (SSSR count). The maximum Gasteiger partial charge on any atom is 0.140 e. The molecule has 26 heavy (non-hydrogen) atoms. The topological polar surface area (TPSA) is 0 Å². The minimum Gasteiger partial charge on any atom is -0.120 e. The molecule has 6 atom stereocenters. The lowest BCUT2D eigenvalue weighted by Crippen LogP contribution is -2.44. The van der Waals surface area contributed by atoms with Crippen molar-refractivity contribution in [1.82, 2.24) is 0 Å². The molecule has 6 unspecified atom stereocenters. The number of hydrogen-bond donors (Lipinski definition) is 0. The monoisotopic (exact) mass is 356 g/mol. The molecule has 1 heterocycles. The first-order chi connectivity index (χ1) is 12.6. The smallest absolute Gasteiger partial charge is 0.120 e. The zero-order valence-electron chi connectivity index (χ0n) is 18.5. The molecule has 0 N–H and O–H groups in total. The van der Waals surface area contributed by atoms with E-state index >= 15 is 0 Å². The molecule has 0 aromatic heterocycles. The van der Waals surface area contributed by atoms with Crippen molar-refractivity contribution >= 4 is 6.71 Å². The van der Waals surface area contributed by atoms with Crippen LogP contribution < -0.4 is 0 Å². The quantitative estimate of drug-likeness (QED) is 0.272. The lowest BCUT2D eigenvalue weighted by atomic mass is 9.33. The fourth-order valence-corrected chi connectivity index (χ4v) is 7.38. The Bertz CT molecular complexity index is 450. The highest BCUT2D eigenvalue weighted by Gasteiger charge is 2.55. The summed E-state index contributed by atoms with van der Waals surface area (Å²) in [7, 11) is 0. The minimum absolute atomic E-state index is 0.635. The van der Waals surface area contributed by atoms with Crippen LogP contribution in [0.3, 0.4) is 0 Å². The summed E-state index contributed by atoms with van der Waals surface area (Å²) < 4.78 is 0. The van der Waals surface area contributed by atoms with Gasteiger partial charge in [-0.25, -0.2) is 0 Å². The Balaban J connectivity index is 0.00000117. The van der Waals surface area contributed by atoms with Crippen LogP contribution in [0.1, 0.15) is 98.3 Å². The second-order valence-electron chi connectivity index (χ2n) is 9.85. The minimum atomic E-state index is 0.635. The zero-order chi connectivity index (χ0) is 19.2. The van der Waals surface area contributed by atoms with E-state index in [2.05, 4.69) is 26.6 Å². The average molecular weight is 356 g/mol. The van der Waals surface area contributed by atoms with Crippen molar-refractivity contribution in [2.75, 3.05) is 0 Å². The van der Waals surface area contributed by atoms with Crippen molar-refractivity contribution in [3.63, 3.8) is 0 Å². The molecule has 0 aromatic rings. The second-order valence-corrected chi connectivity index (χ2v) is 9.85. The Hall–Kier alpha value is -0.375. The largest absolute Gasteiger partial charge is 0.140 e. The van der Waals surface area contributed by atoms with Gasteiger partial charge in [-0.2, -0.15) is 0 Å². The Morgan fingerprint density at radius 2 is 1.88 bits per heavy atom. The third-order valence-electron chi connectivity index (χ3n) is 8.66. The summed E-state index contributed by atoms with van der Waals surface area (Å²) in [6.45, 7) is 12.8. The summed E-state index contributed by atoms with van der Waals surface area (Å²) in [6.07, 6.45) is 22.6. The Morgan fingerprint density at radius 1 is 1.12 bits per heavy atom. The summed E-state index contributed by atoms with van der Waals surface area (Å²) in [5, 5.41) is 0. The number of terminal acetylenes is 1. The van der Waals surface area contributed by atoms with Crippen LogP contribution in [-0.2, 0) is 0 Å². The van der Waals surface area contributed by atoms with Gasteiger partial charge in [-0.1, -0.05) is 78.8 Å². The standard InChI is InChI=1S/C23H39B.C2H6/c1-5-6-8-11-18(2)20-13-14-21-19-12-9-7-10-17-24(4)22(19)15-16-23(20,21)3;1-2/h1,18-22H,6-17H2,2-4H3;1-2H3. The van der Waals surface area contributed by atoms with Gasteiger partial charge in [0.2, 0.25) is 0 Å². The molecule has 1 aliphatic heterocycles. The van der Waals surface area contributed by atoms with Gasteiger partial charge in [-0.15, -0.1) is 12.3 Å². The predicted octanol–water partition coefficient (Wildman–Crippen LogP) is 7.96. The van der Waals surface area contributed by atoms with Crippen LogP contribution in [0.4, 0.5) is 0 Å². The first-order valence-corrected chi connectivity index (χ1v) is 12.0. The van der Waals surface area contributed by atoms with E-state index in [9.17, 15) is 0 Å². The Labute approximate surface area is 165 Å². The fraction of sp³-hybridized carbons (Fsp3) is 0.920. The van der Waals surface area contributed by atoms with Crippen molar-refractivity contribution < 1.29 is 0 Å². The zero-order valence-corrected chi connectivity index (χ0v) is 18.5. The van der Waals surface area contributed by atoms with E-state index < -0.39 is 0 Å². The lowest BCUT2D eigenvalue weighted by Gasteiger charge is -2.52. The van der Waals surface area contributed by atoms with Gasteiger partial charge in [0.25, 0.3) is 0 Å². The summed E-state index contributed by atoms with van der Waals surface area (Å²) in [5.41, 5.74) is 0.635. The lowest BCUT2D eigenvalue weighted by molar-refractivity contribution is 0.0236. The molecule has 0 aromatic carbocycles. The molecular formula is C25H45B. The van der Waals surface area contributed by atoms with Crippen LogP contribution in [-0.4, -0.2) is 6.71 Å². The Kier molecular flexibility index (Phi) is 8.64. The molecule has 1 heteroatoms. The van der Waals surface area contributed by atoms with E-state index in [1.807, 2.05) is 13.8 Å². The van der Waals surface area contributed by atoms with Crippen molar-refractivity contribution in [3.8, 4) is 12.3 Å². The summed E-state index contributed by atoms with van der Waals surface area (Å²) in [6, 6.07) is 0. The van der Waals surface area contributed by atoms with E-state index in [1.54, 1.807) is 0 Å². The van der Waals surface area contributed by atoms with E-state index in [0.29, 0.717) is 5.41 Å². The molecule has 1 saturated heterocycles. The second kappa shape index (κ2) is 10.2. The van der Waals surface area contributed by atoms with Gasteiger partial charge in [0.1, 0.15) is 6.71 Å². The van der Waals surface area contributed by atoms with Gasteiger partial charge < -0.3 is 0 Å². The highest BCUT2D eigenvalue weighted by atomic mass is 14.6. The molecule has 0 bridgehead atoms. The van der Waals surface area contributed by atoms with Gasteiger partial charge in [-0.05, 0) is 61.2 Å². The average Bonchev–Trinajstić information content (AvgIpc) is 2.98. The molecule has 2 saturated carbocycles. The Morgan fingerprint density at radius 3 is 2.62 bits per heavy atom. The molecule has 0 nitrogen and oxygen atoms in total. The van der Waals surface area contributed by atoms with E-state index in [1.165, 1.54) is 70.5 Å². The number of fused-ring (bicyclic) bond motifs is 3. The normalized spacial score (nSPS) is 37.9. The van der Waals surface area contributed by atoms with Crippen LogP contribution in [0.2, 0.25) is 19.0 Å². The number of hydrogen-bond acceptors (Lipinski definition) is 0. The molecule has 2 aliphatic carbocycles. The van der Waals surface area contributed by atoms with Crippen molar-refractivity contribution in [1.29, 1.82) is 0 Å². The number of unbranched alkanes of at least 4 members (excludes halogenated alkanes) is 1. The van der Waals surface area contributed by atoms with Crippen LogP contribution in [0, 0.1) is 41.4 Å². The highest BCUT2D eigenvalue weighted by molar-refractivity contribution is 6.59. The molecular weight excluding hydrogens is 311 g/mol. The van der Waals surface area contributed by atoms with Crippen LogP contribution in [0.5, 0.6) is 0 Å². The molecule has 3 fully saturated rings. The third kappa shape index (κ3) is 4.54. The fourth-order valence-electron chi connectivity index (χ4n) is 7.38. The highest BCUT2D eigenvalue weighted by Crippen LogP contribution is 2.64. The molecule has 0 radical (unpaired) electrons. The molecule has 0 amide bonds. The van der Waals surface area contributed by atoms with Crippen molar-refractivity contribution in [2.45, 2.75) is 117 Å². The van der Waals surface area contributed by atoms with Crippen LogP contribution >= 0.6 is 0 Å². The first-order valence-electron chi connectivity index (χ1n) is 12.0. The van der Waals surface area contributed by atoms with E-state index in [4.69, 9.17) is 6.42 Å². The van der Waals surface area contributed by atoms with Gasteiger partial charge in [0.15, 0.2) is 0 Å². The predicted molar refractivity (Wildman–Crippen MR) is 119 cm³/mol. The van der Waals surface area contributed by atoms with Gasteiger partial charge in [0.05, 0.1) is 0 Å². The number of rotatable bonds is 4. The molecule has 3 aliphatic rings. The van der Waals surface area contributed by atoms with Gasteiger partial charge in [-0.3, -0.25) is 0 Å². The van der Waals surface area contributed by atoms with Crippen LogP contribution in [0.25, 0.3) is 0 Å². The van der Waals surface area contributed by atoms with Crippen molar-refractivity contribution in [2.24, 2.45) is 29.1 Å². The SMILES string of the molecule is C#CCCCC(C)C1CCC2C3CCCCCB(C)C3CCC12C.CC. The van der Waals surface area contributed by atoms with Crippen LogP contribution in [0.15, 0.2) is 0 Å². The van der Waals surface area contributed by atoms with Crippen molar-refractivity contribution in [3.05, 3.63) is 0 Å². The summed E-state index contributed by atoms with van der Waals surface area (Å²) in [5.74, 6) is 7.77. The first kappa shape index (κ1) is 21.9. The molecule has 148 valence electrons. The van der Waals surface area contributed by atoms with E-state index in [0.717, 1.165) is 42.6 Å². The molecule has 0 spiro atoms. The summed E-state index contributed by atoms with van der Waals surface area (Å²) in [4.78, 5) is 0. The third-order valence-corrected chi connectivity index (χ3v) is 8.66. The van der Waals surface area contributed by atoms with E-state index in [-0.39, 0.29) is 0 Å². The van der Waals surface area contributed by atoms with Gasteiger partial charge in [0, 0.05) is 6.42 Å². The van der Waals surface area contributed by atoms with Gasteiger partial charge >= 0.3 is 0 Å². The summed E-state index contributed by atoms with van der Waals surface area (Å²) >= 11 is 0.